The van der Waals surface area contributed by atoms with Crippen molar-refractivity contribution in [2.45, 2.75) is 44.2 Å². The molecule has 0 aromatic carbocycles. The molecule has 2 aliphatic rings. The Labute approximate surface area is 115 Å². The number of aliphatic hydroxyl groups is 1. The summed E-state index contributed by atoms with van der Waals surface area (Å²) < 4.78 is 4.72. The van der Waals surface area contributed by atoms with Gasteiger partial charge in [-0.15, -0.1) is 0 Å². The lowest BCUT2D eigenvalue weighted by molar-refractivity contribution is -0.141. The van der Waals surface area contributed by atoms with E-state index in [9.17, 15) is 9.90 Å². The zero-order chi connectivity index (χ0) is 13.7. The van der Waals surface area contributed by atoms with Gasteiger partial charge >= 0.3 is 5.97 Å². The molecule has 0 spiro atoms. The normalized spacial score (nSPS) is 30.8. The van der Waals surface area contributed by atoms with Crippen LogP contribution >= 0.6 is 0 Å². The first-order valence-electron chi connectivity index (χ1n) is 7.42. The van der Waals surface area contributed by atoms with E-state index in [0.29, 0.717) is 12.6 Å². The van der Waals surface area contributed by atoms with Crippen molar-refractivity contribution >= 4 is 5.97 Å². The summed E-state index contributed by atoms with van der Waals surface area (Å²) in [5.74, 6) is -0.161. The molecule has 19 heavy (non-hydrogen) atoms. The molecule has 0 aromatic heterocycles. The van der Waals surface area contributed by atoms with Crippen LogP contribution in [-0.4, -0.2) is 72.9 Å². The Morgan fingerprint density at radius 2 is 1.95 bits per heavy atom. The van der Waals surface area contributed by atoms with Gasteiger partial charge in [0.25, 0.3) is 0 Å². The minimum Gasteiger partial charge on any atom is -0.468 e. The van der Waals surface area contributed by atoms with Crippen LogP contribution in [0.4, 0.5) is 0 Å². The lowest BCUT2D eigenvalue weighted by Crippen LogP contribution is -2.47. The van der Waals surface area contributed by atoms with Crippen molar-refractivity contribution in [3.8, 4) is 0 Å². The zero-order valence-corrected chi connectivity index (χ0v) is 11.9. The van der Waals surface area contributed by atoms with Crippen LogP contribution in [0.5, 0.6) is 0 Å². The average molecular weight is 270 g/mol. The third kappa shape index (κ3) is 4.16. The van der Waals surface area contributed by atoms with E-state index in [4.69, 9.17) is 4.74 Å². The van der Waals surface area contributed by atoms with E-state index in [1.807, 2.05) is 0 Å². The number of rotatable bonds is 3. The van der Waals surface area contributed by atoms with Gasteiger partial charge in [0.15, 0.2) is 0 Å². The monoisotopic (exact) mass is 270 g/mol. The van der Waals surface area contributed by atoms with Gasteiger partial charge in [-0.2, -0.15) is 0 Å². The van der Waals surface area contributed by atoms with Crippen LogP contribution in [0.2, 0.25) is 0 Å². The van der Waals surface area contributed by atoms with Crippen molar-refractivity contribution in [2.24, 2.45) is 0 Å². The maximum atomic E-state index is 11.3. The van der Waals surface area contributed by atoms with E-state index in [-0.39, 0.29) is 12.1 Å². The minimum atomic E-state index is -0.166. The molecule has 5 nitrogen and oxygen atoms in total. The predicted molar refractivity (Wildman–Crippen MR) is 72.9 cm³/mol. The summed E-state index contributed by atoms with van der Waals surface area (Å²) in [6, 6.07) is 0.326. The first-order valence-corrected chi connectivity index (χ1v) is 7.42. The van der Waals surface area contributed by atoms with E-state index in [1.54, 1.807) is 0 Å². The average Bonchev–Trinajstić information content (AvgIpc) is 2.65. The molecule has 110 valence electrons. The standard InChI is InChI=1S/C14H26N2O3/c1-19-14(18)11-15-7-4-8-16(10-9-15)12-5-2-3-6-13(12)17/h12-13,17H,2-11H2,1H3. The van der Waals surface area contributed by atoms with E-state index < -0.39 is 0 Å². The number of methoxy groups -OCH3 is 1. The molecule has 0 aromatic rings. The van der Waals surface area contributed by atoms with Crippen molar-refractivity contribution in [3.63, 3.8) is 0 Å². The molecule has 5 heteroatoms. The van der Waals surface area contributed by atoms with E-state index in [1.165, 1.54) is 13.5 Å². The van der Waals surface area contributed by atoms with E-state index in [2.05, 4.69) is 9.80 Å². The third-order valence-electron chi connectivity index (χ3n) is 4.37. The lowest BCUT2D eigenvalue weighted by atomic mass is 9.91. The van der Waals surface area contributed by atoms with Crippen LogP contribution in [-0.2, 0) is 9.53 Å². The fourth-order valence-electron chi connectivity index (χ4n) is 3.25. The van der Waals surface area contributed by atoms with Crippen molar-refractivity contribution in [1.82, 2.24) is 9.80 Å². The highest BCUT2D eigenvalue weighted by Gasteiger charge is 2.30. The van der Waals surface area contributed by atoms with Gasteiger partial charge in [-0.25, -0.2) is 0 Å². The Hall–Kier alpha value is -0.650. The Kier molecular flexibility index (Phi) is 5.60. The fourth-order valence-corrected chi connectivity index (χ4v) is 3.25. The Bertz CT molecular complexity index is 298. The van der Waals surface area contributed by atoms with Crippen molar-refractivity contribution < 1.29 is 14.6 Å². The second kappa shape index (κ2) is 7.22. The molecule has 0 bridgehead atoms. The maximum absolute atomic E-state index is 11.3. The number of hydrogen-bond donors (Lipinski definition) is 1. The summed E-state index contributed by atoms with van der Waals surface area (Å²) in [4.78, 5) is 15.9. The summed E-state index contributed by atoms with van der Waals surface area (Å²) in [7, 11) is 1.44. The molecule has 1 aliphatic heterocycles. The molecular formula is C14H26N2O3. The molecule has 2 unspecified atom stereocenters. The predicted octanol–water partition coefficient (Wildman–Crippen LogP) is 0.471. The van der Waals surface area contributed by atoms with Gasteiger partial charge in [0.1, 0.15) is 0 Å². The summed E-state index contributed by atoms with van der Waals surface area (Å²) >= 11 is 0. The van der Waals surface area contributed by atoms with E-state index in [0.717, 1.165) is 51.9 Å². The lowest BCUT2D eigenvalue weighted by Gasteiger charge is -2.37. The number of carbonyl (C=O) groups is 1. The highest BCUT2D eigenvalue weighted by atomic mass is 16.5. The molecule has 2 atom stereocenters. The molecule has 0 radical (unpaired) electrons. The molecule has 1 saturated carbocycles. The molecular weight excluding hydrogens is 244 g/mol. The van der Waals surface area contributed by atoms with Gasteiger partial charge in [0.2, 0.25) is 0 Å². The molecule has 1 saturated heterocycles. The third-order valence-corrected chi connectivity index (χ3v) is 4.37. The molecule has 1 heterocycles. The Morgan fingerprint density at radius 3 is 2.68 bits per heavy atom. The molecule has 1 N–H and O–H groups in total. The number of ether oxygens (including phenoxy) is 1. The second-order valence-electron chi connectivity index (χ2n) is 5.66. The summed E-state index contributed by atoms with van der Waals surface area (Å²) in [5.41, 5.74) is 0. The van der Waals surface area contributed by atoms with Gasteiger partial charge in [-0.05, 0) is 25.8 Å². The first-order chi connectivity index (χ1) is 9.20. The van der Waals surface area contributed by atoms with Gasteiger partial charge in [-0.1, -0.05) is 12.8 Å². The van der Waals surface area contributed by atoms with Crippen LogP contribution < -0.4 is 0 Å². The number of hydrogen-bond acceptors (Lipinski definition) is 5. The Balaban J connectivity index is 1.83. The topological polar surface area (TPSA) is 53.0 Å². The van der Waals surface area contributed by atoms with Gasteiger partial charge in [-0.3, -0.25) is 14.6 Å². The Morgan fingerprint density at radius 1 is 1.16 bits per heavy atom. The maximum Gasteiger partial charge on any atom is 0.319 e. The van der Waals surface area contributed by atoms with Crippen LogP contribution in [0.3, 0.4) is 0 Å². The quantitative estimate of drug-likeness (QED) is 0.756. The number of carbonyl (C=O) groups excluding carboxylic acids is 1. The van der Waals surface area contributed by atoms with Gasteiger partial charge in [0.05, 0.1) is 19.8 Å². The zero-order valence-electron chi connectivity index (χ0n) is 11.9. The summed E-state index contributed by atoms with van der Waals surface area (Å²) in [6.45, 7) is 4.18. The van der Waals surface area contributed by atoms with Gasteiger partial charge < -0.3 is 9.84 Å². The van der Waals surface area contributed by atoms with Crippen LogP contribution in [0.1, 0.15) is 32.1 Å². The SMILES string of the molecule is COC(=O)CN1CCCN(C2CCCCC2O)CC1. The number of aliphatic hydroxyl groups excluding tert-OH is 1. The number of nitrogens with zero attached hydrogens (tertiary/aromatic N) is 2. The van der Waals surface area contributed by atoms with E-state index >= 15 is 0 Å². The van der Waals surface area contributed by atoms with Crippen LogP contribution in [0.15, 0.2) is 0 Å². The van der Waals surface area contributed by atoms with Crippen molar-refractivity contribution in [1.29, 1.82) is 0 Å². The van der Waals surface area contributed by atoms with Gasteiger partial charge in [0, 0.05) is 25.7 Å². The number of esters is 1. The van der Waals surface area contributed by atoms with Crippen molar-refractivity contribution in [3.05, 3.63) is 0 Å². The summed E-state index contributed by atoms with van der Waals surface area (Å²) in [6.07, 6.45) is 5.32. The molecule has 0 amide bonds. The smallest absolute Gasteiger partial charge is 0.319 e. The fraction of sp³-hybridized carbons (Fsp3) is 0.929. The molecule has 1 aliphatic carbocycles. The molecule has 2 fully saturated rings. The van der Waals surface area contributed by atoms with Crippen LogP contribution in [0.25, 0.3) is 0 Å². The first kappa shape index (κ1) is 14.8. The molecule has 2 rings (SSSR count). The highest BCUT2D eigenvalue weighted by Crippen LogP contribution is 2.24. The minimum absolute atomic E-state index is 0.161. The highest BCUT2D eigenvalue weighted by molar-refractivity contribution is 5.71. The largest absolute Gasteiger partial charge is 0.468 e. The summed E-state index contributed by atoms with van der Waals surface area (Å²) in [5, 5.41) is 10.1. The van der Waals surface area contributed by atoms with Crippen LogP contribution in [0, 0.1) is 0 Å². The second-order valence-corrected chi connectivity index (χ2v) is 5.66. The van der Waals surface area contributed by atoms with Crippen molar-refractivity contribution in [2.75, 3.05) is 39.8 Å².